The largest absolute Gasteiger partial charge is 0.496 e. The number of methoxy groups -OCH3 is 1. The summed E-state index contributed by atoms with van der Waals surface area (Å²) in [6.45, 7) is 1.38. The molecule has 1 aliphatic heterocycles. The standard InChI is InChI=1S/C18H23NO4/c1-23-16-4-2-3-12-7-9-19(10-8-15(12)16)17(20)13-5-6-14(11-13)18(21)22/h2-4,13-14H,5-11H2,1H3,(H,21,22)/t13-,14+/m1/s1. The minimum absolute atomic E-state index is 0.125. The average Bonchev–Trinajstić information content (AvgIpc) is 2.95. The van der Waals surface area contributed by atoms with Crippen LogP contribution in [0.25, 0.3) is 0 Å². The monoisotopic (exact) mass is 317 g/mol. The van der Waals surface area contributed by atoms with Crippen molar-refractivity contribution in [2.75, 3.05) is 20.2 Å². The highest BCUT2D eigenvalue weighted by Crippen LogP contribution is 2.33. The van der Waals surface area contributed by atoms with Gasteiger partial charge in [0.15, 0.2) is 0 Å². The van der Waals surface area contributed by atoms with E-state index in [0.717, 1.165) is 18.6 Å². The number of nitrogens with zero attached hydrogens (tertiary/aromatic N) is 1. The Labute approximate surface area is 136 Å². The van der Waals surface area contributed by atoms with Crippen LogP contribution in [0.3, 0.4) is 0 Å². The Morgan fingerprint density at radius 3 is 2.61 bits per heavy atom. The summed E-state index contributed by atoms with van der Waals surface area (Å²) in [7, 11) is 1.67. The van der Waals surface area contributed by atoms with E-state index in [2.05, 4.69) is 6.07 Å². The number of rotatable bonds is 3. The molecule has 1 saturated carbocycles. The number of benzene rings is 1. The second-order valence-corrected chi connectivity index (χ2v) is 6.47. The number of hydrogen-bond donors (Lipinski definition) is 1. The summed E-state index contributed by atoms with van der Waals surface area (Å²) in [6, 6.07) is 6.05. The zero-order chi connectivity index (χ0) is 16.4. The van der Waals surface area contributed by atoms with E-state index in [4.69, 9.17) is 9.84 Å². The van der Waals surface area contributed by atoms with Crippen molar-refractivity contribution in [3.05, 3.63) is 29.3 Å². The molecular formula is C18H23NO4. The Balaban J connectivity index is 1.68. The van der Waals surface area contributed by atoms with Gasteiger partial charge in [0, 0.05) is 19.0 Å². The van der Waals surface area contributed by atoms with Crippen LogP contribution in [0.2, 0.25) is 0 Å². The molecule has 1 aliphatic carbocycles. The van der Waals surface area contributed by atoms with Crippen LogP contribution in [0.4, 0.5) is 0 Å². The normalized spacial score (nSPS) is 24.0. The lowest BCUT2D eigenvalue weighted by Gasteiger charge is -2.23. The molecule has 5 heteroatoms. The molecule has 124 valence electrons. The highest BCUT2D eigenvalue weighted by Gasteiger charge is 2.36. The highest BCUT2D eigenvalue weighted by atomic mass is 16.5. The predicted molar refractivity (Wildman–Crippen MR) is 85.4 cm³/mol. The molecule has 1 aromatic rings. The second-order valence-electron chi connectivity index (χ2n) is 6.47. The number of carboxylic acid groups (broad SMARTS) is 1. The first kappa shape index (κ1) is 15.8. The van der Waals surface area contributed by atoms with E-state index in [1.54, 1.807) is 7.11 Å². The maximum absolute atomic E-state index is 12.7. The van der Waals surface area contributed by atoms with Gasteiger partial charge in [0.1, 0.15) is 5.75 Å². The third kappa shape index (κ3) is 3.19. The predicted octanol–water partition coefficient (Wildman–Crippen LogP) is 2.12. The van der Waals surface area contributed by atoms with Gasteiger partial charge < -0.3 is 14.7 Å². The number of ether oxygens (including phenoxy) is 1. The van der Waals surface area contributed by atoms with Crippen molar-refractivity contribution >= 4 is 11.9 Å². The number of carboxylic acids is 1. The Kier molecular flexibility index (Phi) is 4.55. The van der Waals surface area contributed by atoms with Gasteiger partial charge in [0.2, 0.25) is 5.91 Å². The van der Waals surface area contributed by atoms with E-state index in [-0.39, 0.29) is 17.7 Å². The number of aliphatic carboxylic acids is 1. The van der Waals surface area contributed by atoms with Crippen molar-refractivity contribution in [2.24, 2.45) is 11.8 Å². The minimum atomic E-state index is -0.770. The molecule has 3 rings (SSSR count). The molecule has 1 fully saturated rings. The van der Waals surface area contributed by atoms with Gasteiger partial charge in [-0.3, -0.25) is 9.59 Å². The van der Waals surface area contributed by atoms with Crippen LogP contribution >= 0.6 is 0 Å². The maximum Gasteiger partial charge on any atom is 0.306 e. The molecule has 0 radical (unpaired) electrons. The lowest BCUT2D eigenvalue weighted by molar-refractivity contribution is -0.141. The summed E-state index contributed by atoms with van der Waals surface area (Å²) in [5, 5.41) is 9.11. The third-order valence-electron chi connectivity index (χ3n) is 5.18. The zero-order valence-corrected chi connectivity index (χ0v) is 13.5. The van der Waals surface area contributed by atoms with Crippen molar-refractivity contribution in [3.8, 4) is 5.75 Å². The fourth-order valence-corrected chi connectivity index (χ4v) is 3.84. The van der Waals surface area contributed by atoms with Gasteiger partial charge >= 0.3 is 5.97 Å². The fraction of sp³-hybridized carbons (Fsp3) is 0.556. The van der Waals surface area contributed by atoms with Crippen molar-refractivity contribution in [1.29, 1.82) is 0 Å². The molecule has 0 unspecified atom stereocenters. The van der Waals surface area contributed by atoms with E-state index in [0.29, 0.717) is 32.4 Å². The summed E-state index contributed by atoms with van der Waals surface area (Å²) < 4.78 is 5.44. The second kappa shape index (κ2) is 6.60. The molecule has 5 nitrogen and oxygen atoms in total. The molecule has 23 heavy (non-hydrogen) atoms. The molecule has 1 heterocycles. The van der Waals surface area contributed by atoms with Crippen LogP contribution in [0.5, 0.6) is 5.75 Å². The summed E-state index contributed by atoms with van der Waals surface area (Å²) in [6.07, 6.45) is 3.42. The third-order valence-corrected chi connectivity index (χ3v) is 5.18. The molecule has 1 N–H and O–H groups in total. The van der Waals surface area contributed by atoms with Crippen LogP contribution in [-0.2, 0) is 22.4 Å². The maximum atomic E-state index is 12.7. The lowest BCUT2D eigenvalue weighted by atomic mass is 10.0. The molecule has 0 bridgehead atoms. The molecule has 0 spiro atoms. The first-order valence-corrected chi connectivity index (χ1v) is 8.26. The van der Waals surface area contributed by atoms with E-state index in [1.807, 2.05) is 17.0 Å². The molecular weight excluding hydrogens is 294 g/mol. The summed E-state index contributed by atoms with van der Waals surface area (Å²) in [5.41, 5.74) is 2.44. The average molecular weight is 317 g/mol. The summed E-state index contributed by atoms with van der Waals surface area (Å²) in [5.74, 6) is -0.232. The number of amides is 1. The quantitative estimate of drug-likeness (QED) is 0.927. The highest BCUT2D eigenvalue weighted by molar-refractivity contribution is 5.81. The van der Waals surface area contributed by atoms with Crippen LogP contribution in [0, 0.1) is 11.8 Å². The van der Waals surface area contributed by atoms with Crippen LogP contribution < -0.4 is 4.74 Å². The van der Waals surface area contributed by atoms with E-state index < -0.39 is 5.97 Å². The van der Waals surface area contributed by atoms with E-state index in [1.165, 1.54) is 11.1 Å². The van der Waals surface area contributed by atoms with Crippen molar-refractivity contribution in [3.63, 3.8) is 0 Å². The number of hydrogen-bond acceptors (Lipinski definition) is 3. The Morgan fingerprint density at radius 2 is 1.91 bits per heavy atom. The molecule has 1 amide bonds. The van der Waals surface area contributed by atoms with Gasteiger partial charge in [-0.2, -0.15) is 0 Å². The lowest BCUT2D eigenvalue weighted by Crippen LogP contribution is -2.37. The van der Waals surface area contributed by atoms with E-state index >= 15 is 0 Å². The molecule has 0 saturated heterocycles. The van der Waals surface area contributed by atoms with Crippen LogP contribution in [0.15, 0.2) is 18.2 Å². The number of carbonyl (C=O) groups is 2. The molecule has 2 atom stereocenters. The molecule has 0 aromatic heterocycles. The van der Waals surface area contributed by atoms with Crippen LogP contribution in [-0.4, -0.2) is 42.1 Å². The molecule has 1 aromatic carbocycles. The van der Waals surface area contributed by atoms with Crippen molar-refractivity contribution < 1.29 is 19.4 Å². The van der Waals surface area contributed by atoms with Crippen molar-refractivity contribution in [1.82, 2.24) is 4.90 Å². The zero-order valence-electron chi connectivity index (χ0n) is 13.5. The van der Waals surface area contributed by atoms with Gasteiger partial charge in [0.25, 0.3) is 0 Å². The SMILES string of the molecule is COc1cccc2c1CCN(C(=O)[C@@H]1CC[C@H](C(=O)O)C1)CC2. The van der Waals surface area contributed by atoms with Gasteiger partial charge in [-0.15, -0.1) is 0 Å². The van der Waals surface area contributed by atoms with Gasteiger partial charge in [-0.05, 0) is 49.3 Å². The topological polar surface area (TPSA) is 66.8 Å². The number of fused-ring (bicyclic) bond motifs is 1. The Morgan fingerprint density at radius 1 is 1.17 bits per heavy atom. The van der Waals surface area contributed by atoms with Crippen molar-refractivity contribution in [2.45, 2.75) is 32.1 Å². The minimum Gasteiger partial charge on any atom is -0.496 e. The number of carbonyl (C=O) groups excluding carboxylic acids is 1. The fourth-order valence-electron chi connectivity index (χ4n) is 3.84. The Bertz CT molecular complexity index is 613. The molecule has 2 aliphatic rings. The first-order chi connectivity index (χ1) is 11.1. The Hall–Kier alpha value is -2.04. The van der Waals surface area contributed by atoms with Gasteiger partial charge in [-0.1, -0.05) is 12.1 Å². The summed E-state index contributed by atoms with van der Waals surface area (Å²) in [4.78, 5) is 25.7. The smallest absolute Gasteiger partial charge is 0.306 e. The van der Waals surface area contributed by atoms with Crippen LogP contribution in [0.1, 0.15) is 30.4 Å². The van der Waals surface area contributed by atoms with E-state index in [9.17, 15) is 9.59 Å². The summed E-state index contributed by atoms with van der Waals surface area (Å²) >= 11 is 0. The van der Waals surface area contributed by atoms with Gasteiger partial charge in [0.05, 0.1) is 13.0 Å². The first-order valence-electron chi connectivity index (χ1n) is 8.26. The van der Waals surface area contributed by atoms with Gasteiger partial charge in [-0.25, -0.2) is 0 Å².